The van der Waals surface area contributed by atoms with E-state index in [2.05, 4.69) is 17.0 Å². The van der Waals surface area contributed by atoms with Gasteiger partial charge in [0, 0.05) is 99.7 Å². The zero-order valence-electron chi connectivity index (χ0n) is 84.7. The number of hydrogen-bond donors (Lipinski definition) is 0. The first-order valence-corrected chi connectivity index (χ1v) is 32.6. The molecule has 2 aliphatic rings. The number of para-hydroxylation sites is 10. The van der Waals surface area contributed by atoms with E-state index in [1.807, 2.05) is 92.4 Å². The van der Waals surface area contributed by atoms with E-state index in [0.29, 0.717) is 72.8 Å². The van der Waals surface area contributed by atoms with Crippen LogP contribution in [0.4, 0.5) is 34.1 Å². The predicted molar refractivity (Wildman–Crippen MR) is 427 cm³/mol. The number of anilines is 6. The first kappa shape index (κ1) is 34.6. The molecule has 0 atom stereocenters. The molecule has 0 N–H and O–H groups in total. The van der Waals surface area contributed by atoms with Crippen molar-refractivity contribution < 1.29 is 42.5 Å². The Hall–Kier alpha value is -12.8. The number of aromatic nitrogens is 4. The smallest absolute Gasteiger partial charge is 0.252 e. The Kier molecular flexibility index (Phi) is 7.48. The van der Waals surface area contributed by atoms with Crippen LogP contribution < -0.4 is 26.2 Å². The third kappa shape index (κ3) is 8.47. The highest BCUT2D eigenvalue weighted by atomic mass is 15.2. The topological polar surface area (TPSA) is 26.2 Å². The van der Waals surface area contributed by atoms with Crippen molar-refractivity contribution in [1.29, 1.82) is 0 Å². The molecular weight excluding hydrogens is 1220 g/mol. The third-order valence-corrected chi connectivity index (χ3v) is 19.8. The highest BCUT2D eigenvalue weighted by Gasteiger charge is 2.45. The molecule has 0 unspecified atom stereocenters. The summed E-state index contributed by atoms with van der Waals surface area (Å²) in [5, 5.41) is -0.945. The maximum absolute atomic E-state index is 9.76. The van der Waals surface area contributed by atoms with Gasteiger partial charge in [0.25, 0.3) is 6.71 Å². The summed E-state index contributed by atoms with van der Waals surface area (Å²) in [6, 6.07) is 27.5. The lowest BCUT2D eigenvalue weighted by atomic mass is 9.33. The van der Waals surface area contributed by atoms with Gasteiger partial charge in [0.1, 0.15) is 0 Å². The Morgan fingerprint density at radius 1 is 0.267 bits per heavy atom. The average Bonchev–Trinajstić information content (AvgIpc) is 1.22. The van der Waals surface area contributed by atoms with Crippen molar-refractivity contribution in [3.05, 3.63) is 345 Å². The average molecular weight is 1320 g/mol. The molecule has 6 heterocycles. The van der Waals surface area contributed by atoms with Gasteiger partial charge in [-0.1, -0.05) is 239 Å². The summed E-state index contributed by atoms with van der Waals surface area (Å²) in [4.78, 5) is 4.10. The fraction of sp³-hybridized carbons (Fsp3) is 0.0426. The largest absolute Gasteiger partial charge is 0.311 e. The molecule has 474 valence electrons. The first-order valence-electron chi connectivity index (χ1n) is 48.1. The van der Waals surface area contributed by atoms with Gasteiger partial charge in [-0.3, -0.25) is 0 Å². The minimum atomic E-state index is -0.916. The second-order valence-electron chi connectivity index (χ2n) is 26.1. The zero-order chi connectivity index (χ0) is 93.7. The minimum absolute atomic E-state index is 0.0180. The molecule has 0 radical (unpaired) electrons. The van der Waals surface area contributed by atoms with Crippen LogP contribution in [0.5, 0.6) is 0 Å². The molecule has 7 heteroatoms. The van der Waals surface area contributed by atoms with Gasteiger partial charge in [-0.2, -0.15) is 0 Å². The lowest BCUT2D eigenvalue weighted by Crippen LogP contribution is -2.61. The van der Waals surface area contributed by atoms with E-state index in [4.69, 9.17) is 15.1 Å². The summed E-state index contributed by atoms with van der Waals surface area (Å²) >= 11 is 0. The molecule has 0 amide bonds. The van der Waals surface area contributed by atoms with Crippen LogP contribution in [0.25, 0.3) is 132 Å². The van der Waals surface area contributed by atoms with E-state index < -0.39 is 187 Å². The molecule has 4 aromatic heterocycles. The normalized spacial score (nSPS) is 17.1. The van der Waals surface area contributed by atoms with Crippen molar-refractivity contribution in [2.24, 2.45) is 0 Å². The quantitative estimate of drug-likeness (QED) is 0.142. The fourth-order valence-corrected chi connectivity index (χ4v) is 15.4. The van der Waals surface area contributed by atoms with Crippen molar-refractivity contribution in [2.45, 2.75) is 26.2 Å². The number of fused-ring (bicyclic) bond motifs is 16. The van der Waals surface area contributed by atoms with Crippen LogP contribution in [0.15, 0.2) is 339 Å². The van der Waals surface area contributed by atoms with Crippen molar-refractivity contribution in [3.63, 3.8) is 0 Å². The standard InChI is InChI=1S/C94H65BN6/c1-94(2,3)62-56-91-93-92(57-62)101(80-35-15-5-25-68(80)61-46-50-64(51-47-61)97-83-38-18-8-28-71(83)72-29-9-19-39-84(72)97)90-59-66(99-87-42-22-12-32-75(87)76-33-13-23-43-88(76)99)53-55-78(90)95(93)77-54-52-65(98-85-40-20-10-30-73(85)74-31-11-21-41-86(74)98)58-89(77)100(91)79-34-14-4-24-67(79)60-44-48-63(49-45-60)96-81-36-16-6-26-69(81)70-27-7-17-37-82(70)96/h4-59H,1-3H3/i6D,7D,8D,9D,10D,11D,12D,16D,17D,18D,19D,20D,21D,22D,23D,26D,27D,28D,29D,30D,31D,32D,33D,36D,37D,38D,39D,40D,41D,42D,43D. The highest BCUT2D eigenvalue weighted by molar-refractivity contribution is 7.00. The molecule has 0 bridgehead atoms. The number of rotatable bonds is 8. The zero-order valence-corrected chi connectivity index (χ0v) is 53.7. The molecular formula is C94H65BN6. The van der Waals surface area contributed by atoms with Gasteiger partial charge < -0.3 is 28.1 Å². The predicted octanol–water partition coefficient (Wildman–Crippen LogP) is 22.8. The summed E-state index contributed by atoms with van der Waals surface area (Å²) in [7, 11) is 0. The molecule has 15 aromatic carbocycles. The molecule has 0 spiro atoms. The SMILES string of the molecule is [2H]c1cc([2H])c2c3c([2H])c([2H])c([2H])c([2H])c3n(-c3ccc4c(c3)N(c3ccccc3-c3ccc(-n5c6c([2H])c([2H])c([2H])c([2H])c6c6c([2H])c([2H])c([2H])c([2H])c65)cc3)c3cc(C(C)(C)C)cc5c3B4c3ccc(-n4c6c([2H])c([2H])c([2H])c([2H])c6c6c([2H])c([2H])c([2H])c([2H])c64)cc3N5c3ccccc3-c3ccc(-n4c5c([2H])c([2H])c([2H])c([2H])c5c5c([2H])c([2H])c([2H])c([2H])c54)cc3)c2c1[2H]. The van der Waals surface area contributed by atoms with E-state index in [1.165, 1.54) is 18.3 Å². The fourth-order valence-electron chi connectivity index (χ4n) is 15.4. The van der Waals surface area contributed by atoms with E-state index >= 15 is 0 Å². The van der Waals surface area contributed by atoms with Gasteiger partial charge in [0.05, 0.1) is 98.0 Å². The van der Waals surface area contributed by atoms with Crippen molar-refractivity contribution in [1.82, 2.24) is 18.3 Å². The highest BCUT2D eigenvalue weighted by Crippen LogP contribution is 2.51. The van der Waals surface area contributed by atoms with Crippen LogP contribution in [0.3, 0.4) is 0 Å². The van der Waals surface area contributed by atoms with Crippen LogP contribution in [-0.4, -0.2) is 25.0 Å². The maximum atomic E-state index is 9.76. The van der Waals surface area contributed by atoms with Crippen LogP contribution in [0.1, 0.15) is 68.8 Å². The van der Waals surface area contributed by atoms with E-state index in [9.17, 15) is 27.4 Å². The Morgan fingerprint density at radius 3 is 0.911 bits per heavy atom. The van der Waals surface area contributed by atoms with Gasteiger partial charge in [0.15, 0.2) is 0 Å². The molecule has 0 aliphatic carbocycles. The monoisotopic (exact) mass is 1320 g/mol. The van der Waals surface area contributed by atoms with Crippen molar-refractivity contribution in [3.8, 4) is 45.0 Å². The Labute approximate surface area is 628 Å². The van der Waals surface area contributed by atoms with Gasteiger partial charge in [-0.15, -0.1) is 0 Å². The van der Waals surface area contributed by atoms with Gasteiger partial charge >= 0.3 is 0 Å². The maximum Gasteiger partial charge on any atom is 0.252 e. The van der Waals surface area contributed by atoms with E-state index in [-0.39, 0.29) is 122 Å². The molecule has 0 fully saturated rings. The molecule has 6 nitrogen and oxygen atoms in total. The summed E-state index contributed by atoms with van der Waals surface area (Å²) in [5.74, 6) is 0. The molecule has 0 saturated carbocycles. The summed E-state index contributed by atoms with van der Waals surface area (Å²) in [5.41, 5.74) is 6.67. The van der Waals surface area contributed by atoms with Crippen LogP contribution >= 0.6 is 0 Å². The molecule has 21 rings (SSSR count). The van der Waals surface area contributed by atoms with Crippen LogP contribution in [0.2, 0.25) is 0 Å². The Morgan fingerprint density at radius 2 is 0.564 bits per heavy atom. The molecule has 101 heavy (non-hydrogen) atoms. The molecule has 2 aliphatic heterocycles. The second-order valence-corrected chi connectivity index (χ2v) is 26.1. The van der Waals surface area contributed by atoms with Gasteiger partial charge in [-0.05, 0) is 160 Å². The summed E-state index contributed by atoms with van der Waals surface area (Å²) in [6.07, 6.45) is 0. The minimum Gasteiger partial charge on any atom is -0.311 e. The number of hydrogen-bond acceptors (Lipinski definition) is 2. The summed E-state index contributed by atoms with van der Waals surface area (Å²) in [6.45, 7) is 5.16. The lowest BCUT2D eigenvalue weighted by molar-refractivity contribution is 0.590. The lowest BCUT2D eigenvalue weighted by Gasteiger charge is -2.46. The number of benzene rings is 15. The van der Waals surface area contributed by atoms with Crippen molar-refractivity contribution in [2.75, 3.05) is 9.80 Å². The number of nitrogens with zero attached hydrogens (tertiary/aromatic N) is 6. The Bertz CT molecular complexity index is 8380. The van der Waals surface area contributed by atoms with Gasteiger partial charge in [0.2, 0.25) is 0 Å². The van der Waals surface area contributed by atoms with E-state index in [0.717, 1.165) is 11.6 Å². The first-order chi connectivity index (χ1) is 62.6. The Balaban J connectivity index is 0.870. The molecule has 19 aromatic rings. The van der Waals surface area contributed by atoms with Gasteiger partial charge in [-0.25, -0.2) is 0 Å². The van der Waals surface area contributed by atoms with E-state index in [1.54, 1.807) is 66.7 Å². The third-order valence-electron chi connectivity index (χ3n) is 19.8. The molecule has 0 saturated heterocycles. The van der Waals surface area contributed by atoms with Crippen LogP contribution in [-0.2, 0) is 5.41 Å². The van der Waals surface area contributed by atoms with Crippen molar-refractivity contribution >= 4 is 144 Å². The summed E-state index contributed by atoms with van der Waals surface area (Å²) < 4.78 is 291. The van der Waals surface area contributed by atoms with Crippen LogP contribution in [0, 0.1) is 0 Å². The second kappa shape index (κ2) is 21.8.